The fourth-order valence-corrected chi connectivity index (χ4v) is 5.86. The van der Waals surface area contributed by atoms with Gasteiger partial charge in [0.2, 0.25) is 35.7 Å². The van der Waals surface area contributed by atoms with Crippen LogP contribution in [0.4, 0.5) is 47.1 Å². The van der Waals surface area contributed by atoms with Gasteiger partial charge in [-0.2, -0.15) is 35.5 Å². The molecule has 8 N–H and O–H groups in total. The van der Waals surface area contributed by atoms with E-state index < -0.39 is 15.0 Å². The van der Waals surface area contributed by atoms with E-state index in [-0.39, 0.29) is 100 Å². The van der Waals surface area contributed by atoms with Crippen molar-refractivity contribution in [2.75, 3.05) is 85.1 Å². The zero-order valence-electron chi connectivity index (χ0n) is 32.1. The summed E-state index contributed by atoms with van der Waals surface area (Å²) in [4.78, 5) is 29.5. The maximum atomic E-state index is 12.3. The van der Waals surface area contributed by atoms with Gasteiger partial charge in [0.15, 0.2) is 0 Å². The second-order valence-electron chi connectivity index (χ2n) is 11.6. The molecule has 0 aliphatic rings. The van der Waals surface area contributed by atoms with Crippen LogP contribution in [0.2, 0.25) is 0 Å². The molecular formula is C34H48N14Na2O3S. The maximum Gasteiger partial charge on any atom is 1.00 e. The van der Waals surface area contributed by atoms with Crippen molar-refractivity contribution in [1.29, 1.82) is 0 Å². The van der Waals surface area contributed by atoms with Crippen molar-refractivity contribution in [3.63, 3.8) is 0 Å². The van der Waals surface area contributed by atoms with E-state index in [2.05, 4.69) is 94.7 Å². The summed E-state index contributed by atoms with van der Waals surface area (Å²) < 4.78 is 36.8. The van der Waals surface area contributed by atoms with E-state index in [1.165, 1.54) is 18.2 Å². The summed E-state index contributed by atoms with van der Waals surface area (Å²) in [7, 11) is -4.85. The van der Waals surface area contributed by atoms with Gasteiger partial charge in [0.1, 0.15) is 10.1 Å². The van der Waals surface area contributed by atoms with Crippen LogP contribution < -0.4 is 91.8 Å². The van der Waals surface area contributed by atoms with Gasteiger partial charge in [0.25, 0.3) is 0 Å². The van der Waals surface area contributed by atoms with Crippen molar-refractivity contribution in [2.45, 2.75) is 45.4 Å². The minimum absolute atomic E-state index is 0. The van der Waals surface area contributed by atoms with E-state index in [9.17, 15) is 13.0 Å². The summed E-state index contributed by atoms with van der Waals surface area (Å²) in [6.45, 7) is 15.7. The van der Waals surface area contributed by atoms with E-state index in [1.807, 2.05) is 0 Å². The van der Waals surface area contributed by atoms with Crippen LogP contribution in [0.3, 0.4) is 0 Å². The summed E-state index contributed by atoms with van der Waals surface area (Å²) in [6, 6.07) is 12.7. The number of hydrogen-bond acceptors (Lipinski definition) is 17. The molecule has 0 fully saturated rings. The van der Waals surface area contributed by atoms with Gasteiger partial charge < -0.3 is 47.1 Å². The van der Waals surface area contributed by atoms with Crippen molar-refractivity contribution in [2.24, 2.45) is 0 Å². The van der Waals surface area contributed by atoms with Gasteiger partial charge in [-0.3, -0.25) is 0 Å². The Balaban J connectivity index is 0.00000504. The van der Waals surface area contributed by atoms with Crippen LogP contribution in [0.5, 0.6) is 0 Å². The molecule has 4 aromatic rings. The molecule has 0 aliphatic carbocycles. The topological polar surface area (TPSA) is 241 Å². The molecule has 0 radical (unpaired) electrons. The molecule has 0 bridgehead atoms. The monoisotopic (exact) mass is 778 g/mol. The van der Waals surface area contributed by atoms with Crippen LogP contribution in [0, 0.1) is 6.07 Å². The number of nitrogen functional groups attached to an aromatic ring is 2. The van der Waals surface area contributed by atoms with Gasteiger partial charge in [0, 0.05) is 18.8 Å². The van der Waals surface area contributed by atoms with Crippen molar-refractivity contribution < 1.29 is 72.1 Å². The zero-order valence-corrected chi connectivity index (χ0v) is 36.9. The van der Waals surface area contributed by atoms with Gasteiger partial charge in [-0.15, -0.1) is 30.3 Å². The smallest absolute Gasteiger partial charge is 0.744 e. The first-order chi connectivity index (χ1) is 25.0. The number of hydrogen-bond donors (Lipinski definition) is 6. The van der Waals surface area contributed by atoms with E-state index in [4.69, 9.17) is 11.5 Å². The molecule has 0 saturated heterocycles. The number of nitrogens with two attached hydrogens (primary N) is 2. The van der Waals surface area contributed by atoms with Crippen LogP contribution in [-0.2, 0) is 10.1 Å². The first kappa shape index (κ1) is 47.0. The van der Waals surface area contributed by atoms with E-state index in [1.54, 1.807) is 30.3 Å². The molecule has 0 saturated carbocycles. The third kappa shape index (κ3) is 15.5. The Kier molecular flexibility index (Phi) is 20.6. The molecule has 0 aliphatic heterocycles. The summed E-state index contributed by atoms with van der Waals surface area (Å²) in [5, 5.41) is 12.3. The molecule has 2 aromatic carbocycles. The predicted molar refractivity (Wildman–Crippen MR) is 205 cm³/mol. The Labute approximate surface area is 362 Å². The molecule has 280 valence electrons. The Hall–Kier alpha value is -3.17. The van der Waals surface area contributed by atoms with Crippen LogP contribution in [0.15, 0.2) is 41.3 Å². The maximum absolute atomic E-state index is 12.3. The van der Waals surface area contributed by atoms with Crippen LogP contribution >= 0.6 is 0 Å². The number of rotatable bonds is 21. The van der Waals surface area contributed by atoms with Gasteiger partial charge in [-0.25, -0.2) is 8.42 Å². The van der Waals surface area contributed by atoms with Gasteiger partial charge in [-0.05, 0) is 75.5 Å². The van der Waals surface area contributed by atoms with Crippen LogP contribution in [-0.4, -0.2) is 105 Å². The Morgan fingerprint density at radius 1 is 0.704 bits per heavy atom. The minimum Gasteiger partial charge on any atom is -0.744 e. The fraction of sp³-hybridized carbons (Fsp3) is 0.412. The molecule has 17 nitrogen and oxygen atoms in total. The first-order valence-corrected chi connectivity index (χ1v) is 18.7. The van der Waals surface area contributed by atoms with Crippen molar-refractivity contribution in [3.05, 3.63) is 53.6 Å². The second kappa shape index (κ2) is 23.7. The molecule has 2 aromatic heterocycles. The van der Waals surface area contributed by atoms with Crippen molar-refractivity contribution in [3.8, 4) is 0 Å². The fourth-order valence-electron chi connectivity index (χ4n) is 5.16. The normalized spacial score (nSPS) is 11.3. The summed E-state index contributed by atoms with van der Waals surface area (Å²) in [6.07, 6.45) is 4.98. The Morgan fingerprint density at radius 2 is 1.19 bits per heavy atom. The summed E-state index contributed by atoms with van der Waals surface area (Å²) >= 11 is 0. The summed E-state index contributed by atoms with van der Waals surface area (Å²) in [5.41, 5.74) is 13.6. The average molecular weight is 779 g/mol. The molecule has 4 rings (SSSR count). The molecule has 0 amide bonds. The quantitative estimate of drug-likeness (QED) is 0.0174. The Bertz CT molecular complexity index is 1880. The number of nitrogens with one attached hydrogen (secondary N) is 4. The molecule has 0 unspecified atom stereocenters. The van der Waals surface area contributed by atoms with Crippen molar-refractivity contribution in [1.82, 2.24) is 39.7 Å². The second-order valence-corrected chi connectivity index (χ2v) is 13.0. The van der Waals surface area contributed by atoms with Crippen LogP contribution in [0.1, 0.15) is 51.7 Å². The summed E-state index contributed by atoms with van der Waals surface area (Å²) in [5.74, 6) is 1.08. The van der Waals surface area contributed by atoms with E-state index in [0.717, 1.165) is 52.1 Å². The van der Waals surface area contributed by atoms with Gasteiger partial charge >= 0.3 is 59.1 Å². The predicted octanol–water partition coefficient (Wildman–Crippen LogP) is -2.12. The number of nitrogens with zero attached hydrogens (tertiary/aromatic N) is 8. The molecule has 0 spiro atoms. The SMILES string of the molecule is CCN(CC)CCCNc1nc(N)nc(Nc2c[c-]c(C=Cc3ccc(Nc4nc(N)nc(NCCCN(CC)CC)n4)cc3S(=O)(=O)[O-])cc2)n1.[Na+].[Na+]. The minimum atomic E-state index is -4.85. The number of anilines is 8. The zero-order chi connectivity index (χ0) is 37.5. The van der Waals surface area contributed by atoms with E-state index >= 15 is 0 Å². The standard InChI is InChI=1S/C34H49N14O3S.2Na/c1-5-47(6-2)21-9-19-37-31-41-29(35)43-33(45-31)39-26-16-12-24(13-17-26)11-14-25-15-18-27(23-28(25)52(49,50)51)40-34-44-30(36)42-32(46-34)38-20-10-22-48(7-3)8-4;;/h11-12,14-18,23H,5-10,19-22H2,1-4H3,(H,49,50,51)(H4,35,37,39,41,43,45)(H4,36,38,40,42,44,46);;/q-1;2*+1/p-1. The largest absolute Gasteiger partial charge is 1.00 e. The molecular weight excluding hydrogens is 731 g/mol. The molecule has 0 atom stereocenters. The molecule has 54 heavy (non-hydrogen) atoms. The third-order valence-corrected chi connectivity index (χ3v) is 8.93. The molecule has 20 heteroatoms. The third-order valence-electron chi connectivity index (χ3n) is 8.04. The molecule has 2 heterocycles. The average Bonchev–Trinajstić information content (AvgIpc) is 3.11. The van der Waals surface area contributed by atoms with E-state index in [0.29, 0.717) is 30.3 Å². The van der Waals surface area contributed by atoms with Crippen LogP contribution in [0.25, 0.3) is 12.2 Å². The number of aromatic nitrogens is 6. The first-order valence-electron chi connectivity index (χ1n) is 17.3. The number of benzene rings is 2. The van der Waals surface area contributed by atoms with Gasteiger partial charge in [0.05, 0.1) is 4.90 Å². The van der Waals surface area contributed by atoms with Crippen molar-refractivity contribution >= 4 is 69.3 Å². The Morgan fingerprint density at radius 3 is 1.65 bits per heavy atom. The van der Waals surface area contributed by atoms with Gasteiger partial charge in [-0.1, -0.05) is 39.8 Å².